The number of piperidine rings is 1. The monoisotopic (exact) mass is 342 g/mol. The van der Waals surface area contributed by atoms with Crippen LogP contribution < -0.4 is 5.32 Å². The summed E-state index contributed by atoms with van der Waals surface area (Å²) in [7, 11) is 0. The summed E-state index contributed by atoms with van der Waals surface area (Å²) in [6, 6.07) is 7.45. The van der Waals surface area contributed by atoms with E-state index in [-0.39, 0.29) is 18.1 Å². The maximum atomic E-state index is 12.8. The van der Waals surface area contributed by atoms with Gasteiger partial charge in [0.1, 0.15) is 11.6 Å². The van der Waals surface area contributed by atoms with Gasteiger partial charge in [0.05, 0.1) is 12.1 Å². The Balaban J connectivity index is 1.54. The average Bonchev–Trinajstić information content (AvgIpc) is 3.08. The Morgan fingerprint density at radius 3 is 3.04 bits per heavy atom. The first-order valence-corrected chi connectivity index (χ1v) is 8.72. The van der Waals surface area contributed by atoms with Crippen LogP contribution in [0, 0.1) is 12.8 Å². The van der Waals surface area contributed by atoms with Gasteiger partial charge in [-0.2, -0.15) is 0 Å². The zero-order chi connectivity index (χ0) is 17.2. The van der Waals surface area contributed by atoms with Crippen LogP contribution in [0.15, 0.2) is 35.0 Å². The maximum Gasteiger partial charge on any atom is 0.276 e. The largest absolute Gasteiger partial charge is 0.376 e. The number of carbonyl (C=O) groups is 1. The number of aromatic nitrogens is 2. The standard InChI is InChI=1S/C18H22N4O3/c1-12-9-14(21-25-12)18(23)22-10-13-5-4-8-24-17(13)15(11-22)20-16-6-2-3-7-19-16/h2-3,6-7,9,13,15,17H,4-5,8,10-11H2,1H3,(H,19,20)/t13-,15+,17-/m0/s1. The van der Waals surface area contributed by atoms with E-state index in [0.717, 1.165) is 25.3 Å². The SMILES string of the molecule is Cc1cc(C(=O)N2C[C@@H]3CCCO[C@@H]3[C@H](Nc3ccccn3)C2)no1. The van der Waals surface area contributed by atoms with Crippen molar-refractivity contribution in [1.29, 1.82) is 0 Å². The molecule has 2 fully saturated rings. The molecule has 7 nitrogen and oxygen atoms in total. The van der Waals surface area contributed by atoms with E-state index in [1.54, 1.807) is 19.2 Å². The topological polar surface area (TPSA) is 80.5 Å². The number of fused-ring (bicyclic) bond motifs is 1. The van der Waals surface area contributed by atoms with Crippen LogP contribution >= 0.6 is 0 Å². The van der Waals surface area contributed by atoms with Gasteiger partial charge < -0.3 is 19.5 Å². The average molecular weight is 342 g/mol. The van der Waals surface area contributed by atoms with Gasteiger partial charge in [0.15, 0.2) is 5.69 Å². The van der Waals surface area contributed by atoms with Crippen molar-refractivity contribution in [3.05, 3.63) is 41.9 Å². The van der Waals surface area contributed by atoms with Gasteiger partial charge >= 0.3 is 0 Å². The lowest BCUT2D eigenvalue weighted by molar-refractivity contribution is -0.0677. The fourth-order valence-electron chi connectivity index (χ4n) is 3.76. The summed E-state index contributed by atoms with van der Waals surface area (Å²) in [6.45, 7) is 3.81. The molecule has 1 N–H and O–H groups in total. The molecule has 2 aliphatic heterocycles. The number of aryl methyl sites for hydroxylation is 1. The molecule has 0 spiro atoms. The Bertz CT molecular complexity index is 733. The van der Waals surface area contributed by atoms with Gasteiger partial charge in [-0.1, -0.05) is 11.2 Å². The van der Waals surface area contributed by atoms with Gasteiger partial charge in [-0.3, -0.25) is 4.79 Å². The number of nitrogens with one attached hydrogen (secondary N) is 1. The lowest BCUT2D eigenvalue weighted by Crippen LogP contribution is -2.59. The van der Waals surface area contributed by atoms with Crippen LogP contribution in [0.25, 0.3) is 0 Å². The minimum Gasteiger partial charge on any atom is -0.376 e. The van der Waals surface area contributed by atoms with E-state index in [9.17, 15) is 4.79 Å². The van der Waals surface area contributed by atoms with Crippen LogP contribution in [-0.2, 0) is 4.74 Å². The second-order valence-electron chi connectivity index (χ2n) is 6.74. The number of pyridine rings is 1. The third-order valence-corrected chi connectivity index (χ3v) is 4.90. The summed E-state index contributed by atoms with van der Waals surface area (Å²) >= 11 is 0. The number of nitrogens with zero attached hydrogens (tertiary/aromatic N) is 3. The fraction of sp³-hybridized carbons (Fsp3) is 0.500. The Kier molecular flexibility index (Phi) is 4.40. The van der Waals surface area contributed by atoms with Crippen molar-refractivity contribution < 1.29 is 14.1 Å². The third kappa shape index (κ3) is 3.37. The maximum absolute atomic E-state index is 12.8. The van der Waals surface area contributed by atoms with Crippen LogP contribution in [0.2, 0.25) is 0 Å². The lowest BCUT2D eigenvalue weighted by Gasteiger charge is -2.45. The van der Waals surface area contributed by atoms with Crippen LogP contribution in [-0.4, -0.2) is 52.8 Å². The zero-order valence-electron chi connectivity index (χ0n) is 14.2. The Morgan fingerprint density at radius 1 is 1.36 bits per heavy atom. The highest BCUT2D eigenvalue weighted by Gasteiger charge is 2.41. The molecule has 2 aromatic heterocycles. The van der Waals surface area contributed by atoms with Gasteiger partial charge in [0.25, 0.3) is 5.91 Å². The van der Waals surface area contributed by atoms with Gasteiger partial charge in [0, 0.05) is 37.9 Å². The first-order chi connectivity index (χ1) is 12.2. The number of hydrogen-bond donors (Lipinski definition) is 1. The Labute approximate surface area is 146 Å². The van der Waals surface area contributed by atoms with Gasteiger partial charge in [-0.25, -0.2) is 4.98 Å². The van der Waals surface area contributed by atoms with E-state index in [4.69, 9.17) is 9.26 Å². The predicted molar refractivity (Wildman–Crippen MR) is 91.3 cm³/mol. The number of carbonyl (C=O) groups excluding carboxylic acids is 1. The molecule has 132 valence electrons. The molecule has 0 saturated carbocycles. The fourth-order valence-corrected chi connectivity index (χ4v) is 3.76. The molecule has 0 bridgehead atoms. The molecule has 25 heavy (non-hydrogen) atoms. The summed E-state index contributed by atoms with van der Waals surface area (Å²) in [4.78, 5) is 19.0. The van der Waals surface area contributed by atoms with Crippen molar-refractivity contribution in [3.8, 4) is 0 Å². The minimum absolute atomic E-state index is 0.00546. The molecule has 4 heterocycles. The summed E-state index contributed by atoms with van der Waals surface area (Å²) in [5, 5.41) is 7.32. The first-order valence-electron chi connectivity index (χ1n) is 8.72. The van der Waals surface area contributed by atoms with Crippen LogP contribution in [0.5, 0.6) is 0 Å². The van der Waals surface area contributed by atoms with Crippen molar-refractivity contribution in [1.82, 2.24) is 15.0 Å². The molecule has 0 unspecified atom stereocenters. The molecule has 2 aliphatic rings. The summed E-state index contributed by atoms with van der Waals surface area (Å²) in [6.07, 6.45) is 3.94. The van der Waals surface area contributed by atoms with Crippen LogP contribution in [0.3, 0.4) is 0 Å². The minimum atomic E-state index is -0.0892. The van der Waals surface area contributed by atoms with E-state index in [0.29, 0.717) is 30.5 Å². The normalized spacial score (nSPS) is 26.1. The van der Waals surface area contributed by atoms with Crippen molar-refractivity contribution in [2.45, 2.75) is 31.9 Å². The molecule has 3 atom stereocenters. The number of anilines is 1. The van der Waals surface area contributed by atoms with E-state index in [2.05, 4.69) is 15.5 Å². The molecule has 0 aromatic carbocycles. The van der Waals surface area contributed by atoms with Gasteiger partial charge in [-0.15, -0.1) is 0 Å². The molecule has 2 aromatic rings. The Hall–Kier alpha value is -2.41. The van der Waals surface area contributed by atoms with E-state index in [1.807, 2.05) is 23.1 Å². The number of ether oxygens (including phenoxy) is 1. The highest BCUT2D eigenvalue weighted by molar-refractivity contribution is 5.92. The predicted octanol–water partition coefficient (Wildman–Crippen LogP) is 2.11. The molecule has 4 rings (SSSR count). The van der Waals surface area contributed by atoms with E-state index >= 15 is 0 Å². The highest BCUT2D eigenvalue weighted by Crippen LogP contribution is 2.30. The number of rotatable bonds is 3. The van der Waals surface area contributed by atoms with Crippen LogP contribution in [0.1, 0.15) is 29.1 Å². The number of likely N-dealkylation sites (tertiary alicyclic amines) is 1. The third-order valence-electron chi connectivity index (χ3n) is 4.90. The van der Waals surface area contributed by atoms with Crippen molar-refractivity contribution in [3.63, 3.8) is 0 Å². The lowest BCUT2D eigenvalue weighted by atomic mass is 9.85. The van der Waals surface area contributed by atoms with E-state index < -0.39 is 0 Å². The first kappa shape index (κ1) is 16.1. The van der Waals surface area contributed by atoms with Gasteiger partial charge in [0.2, 0.25) is 0 Å². The van der Waals surface area contributed by atoms with Gasteiger partial charge in [-0.05, 0) is 31.9 Å². The smallest absolute Gasteiger partial charge is 0.276 e. The van der Waals surface area contributed by atoms with E-state index in [1.165, 1.54) is 0 Å². The number of hydrogen-bond acceptors (Lipinski definition) is 6. The quantitative estimate of drug-likeness (QED) is 0.920. The zero-order valence-corrected chi connectivity index (χ0v) is 14.2. The highest BCUT2D eigenvalue weighted by atomic mass is 16.5. The molecule has 0 aliphatic carbocycles. The summed E-state index contributed by atoms with van der Waals surface area (Å²) in [5.41, 5.74) is 0.365. The molecular weight excluding hydrogens is 320 g/mol. The Morgan fingerprint density at radius 2 is 2.28 bits per heavy atom. The van der Waals surface area contributed by atoms with Crippen LogP contribution in [0.4, 0.5) is 5.82 Å². The second-order valence-corrected chi connectivity index (χ2v) is 6.74. The summed E-state index contributed by atoms with van der Waals surface area (Å²) < 4.78 is 11.1. The van der Waals surface area contributed by atoms with Crippen molar-refractivity contribution in [2.75, 3.05) is 25.0 Å². The molecule has 7 heteroatoms. The van der Waals surface area contributed by atoms with Crippen molar-refractivity contribution in [2.24, 2.45) is 5.92 Å². The van der Waals surface area contributed by atoms with Crippen molar-refractivity contribution >= 4 is 11.7 Å². The number of amides is 1. The second kappa shape index (κ2) is 6.84. The summed E-state index contributed by atoms with van der Waals surface area (Å²) in [5.74, 6) is 1.67. The molecule has 2 saturated heterocycles. The molecular formula is C18H22N4O3. The molecule has 0 radical (unpaired) electrons. The molecule has 1 amide bonds.